The van der Waals surface area contributed by atoms with Crippen LogP contribution in [0, 0.1) is 0 Å². The number of amides is 3. The first kappa shape index (κ1) is 19.6. The molecule has 29 heavy (non-hydrogen) atoms. The van der Waals surface area contributed by atoms with Gasteiger partial charge in [0.2, 0.25) is 5.91 Å². The van der Waals surface area contributed by atoms with E-state index in [9.17, 15) is 14.4 Å². The molecular formula is C22H25N3O3S. The van der Waals surface area contributed by atoms with E-state index in [0.29, 0.717) is 29.6 Å². The Hall–Kier alpha value is -2.67. The fourth-order valence-corrected chi connectivity index (χ4v) is 3.82. The first-order chi connectivity index (χ1) is 14.1. The van der Waals surface area contributed by atoms with Gasteiger partial charge in [0.05, 0.1) is 4.88 Å². The van der Waals surface area contributed by atoms with E-state index in [1.807, 2.05) is 40.6 Å². The Balaban J connectivity index is 1.28. The number of benzene rings is 1. The van der Waals surface area contributed by atoms with Gasteiger partial charge in [-0.05, 0) is 54.8 Å². The molecule has 0 radical (unpaired) electrons. The fourth-order valence-electron chi connectivity index (χ4n) is 3.18. The Morgan fingerprint density at radius 2 is 1.76 bits per heavy atom. The van der Waals surface area contributed by atoms with Crippen LogP contribution in [0.4, 0.5) is 0 Å². The normalized spacial score (nSPS) is 15.6. The van der Waals surface area contributed by atoms with Gasteiger partial charge in [0.1, 0.15) is 0 Å². The van der Waals surface area contributed by atoms with Crippen LogP contribution in [0.1, 0.15) is 57.7 Å². The van der Waals surface area contributed by atoms with Crippen LogP contribution in [-0.4, -0.2) is 41.2 Å². The minimum Gasteiger partial charge on any atom is -0.351 e. The van der Waals surface area contributed by atoms with Crippen molar-refractivity contribution in [2.24, 2.45) is 0 Å². The first-order valence-electron chi connectivity index (χ1n) is 10.1. The van der Waals surface area contributed by atoms with Crippen LogP contribution in [-0.2, 0) is 11.3 Å². The van der Waals surface area contributed by atoms with Crippen molar-refractivity contribution in [1.82, 2.24) is 15.5 Å². The van der Waals surface area contributed by atoms with Crippen LogP contribution in [0.2, 0.25) is 0 Å². The van der Waals surface area contributed by atoms with Crippen molar-refractivity contribution in [3.05, 3.63) is 57.8 Å². The molecule has 2 aromatic rings. The molecule has 0 bridgehead atoms. The quantitative estimate of drug-likeness (QED) is 0.666. The minimum absolute atomic E-state index is 0.0318. The number of nitrogens with zero attached hydrogens (tertiary/aromatic N) is 1. The van der Waals surface area contributed by atoms with Gasteiger partial charge < -0.3 is 15.5 Å². The minimum atomic E-state index is -0.133. The summed E-state index contributed by atoms with van der Waals surface area (Å²) in [6.45, 7) is 0.867. The molecule has 6 nitrogen and oxygen atoms in total. The summed E-state index contributed by atoms with van der Waals surface area (Å²) >= 11 is 1.39. The maximum Gasteiger partial charge on any atom is 0.261 e. The summed E-state index contributed by atoms with van der Waals surface area (Å²) < 4.78 is 0. The zero-order valence-corrected chi connectivity index (χ0v) is 17.0. The zero-order chi connectivity index (χ0) is 20.2. The largest absolute Gasteiger partial charge is 0.351 e. The molecule has 7 heteroatoms. The van der Waals surface area contributed by atoms with E-state index in [4.69, 9.17) is 0 Å². The molecule has 4 rings (SSSR count). The van der Waals surface area contributed by atoms with Crippen molar-refractivity contribution in [1.29, 1.82) is 0 Å². The van der Waals surface area contributed by atoms with Crippen molar-refractivity contribution in [3.63, 3.8) is 0 Å². The molecule has 2 fully saturated rings. The predicted molar refractivity (Wildman–Crippen MR) is 112 cm³/mol. The van der Waals surface area contributed by atoms with Crippen molar-refractivity contribution < 1.29 is 14.4 Å². The van der Waals surface area contributed by atoms with Gasteiger partial charge in [-0.15, -0.1) is 11.3 Å². The third kappa shape index (κ3) is 5.44. The second-order valence-electron chi connectivity index (χ2n) is 7.68. The van der Waals surface area contributed by atoms with Crippen LogP contribution in [0.5, 0.6) is 0 Å². The second-order valence-corrected chi connectivity index (χ2v) is 8.63. The molecule has 2 aliphatic carbocycles. The Bertz CT molecular complexity index is 871. The molecule has 0 unspecified atom stereocenters. The second kappa shape index (κ2) is 8.78. The number of carbonyl (C=O) groups is 3. The zero-order valence-electron chi connectivity index (χ0n) is 16.2. The average molecular weight is 412 g/mol. The lowest BCUT2D eigenvalue weighted by Crippen LogP contribution is -2.35. The number of hydrogen-bond donors (Lipinski definition) is 2. The Kier molecular flexibility index (Phi) is 5.94. The summed E-state index contributed by atoms with van der Waals surface area (Å²) in [6.07, 6.45) is 4.46. The van der Waals surface area contributed by atoms with E-state index >= 15 is 0 Å². The van der Waals surface area contributed by atoms with Crippen molar-refractivity contribution in [2.75, 3.05) is 6.54 Å². The lowest BCUT2D eigenvalue weighted by molar-refractivity contribution is -0.132. The summed E-state index contributed by atoms with van der Waals surface area (Å²) in [4.78, 5) is 39.4. The predicted octanol–water partition coefficient (Wildman–Crippen LogP) is 2.95. The summed E-state index contributed by atoms with van der Waals surface area (Å²) in [6, 6.07) is 11.7. The molecule has 0 atom stereocenters. The summed E-state index contributed by atoms with van der Waals surface area (Å²) in [5.41, 5.74) is 1.66. The van der Waals surface area contributed by atoms with Gasteiger partial charge in [-0.3, -0.25) is 14.4 Å². The van der Waals surface area contributed by atoms with Gasteiger partial charge in [0, 0.05) is 37.2 Å². The molecule has 152 valence electrons. The molecule has 0 aliphatic heterocycles. The first-order valence-corrected chi connectivity index (χ1v) is 11.0. The van der Waals surface area contributed by atoms with Crippen molar-refractivity contribution in [2.45, 2.75) is 50.7 Å². The van der Waals surface area contributed by atoms with Crippen LogP contribution in [0.3, 0.4) is 0 Å². The molecule has 1 aromatic carbocycles. The topological polar surface area (TPSA) is 78.5 Å². The molecular weight excluding hydrogens is 386 g/mol. The SMILES string of the molecule is O=C(NC1CC1)c1ccc(CN(C(=O)CCNC(=O)c2cccs2)C2CC2)cc1. The van der Waals surface area contributed by atoms with Crippen LogP contribution < -0.4 is 10.6 Å². The van der Waals surface area contributed by atoms with Crippen LogP contribution >= 0.6 is 11.3 Å². The molecule has 0 saturated heterocycles. The molecule has 0 spiro atoms. The highest BCUT2D eigenvalue weighted by atomic mass is 32.1. The van der Waals surface area contributed by atoms with Crippen molar-refractivity contribution >= 4 is 29.1 Å². The van der Waals surface area contributed by atoms with E-state index in [2.05, 4.69) is 10.6 Å². The van der Waals surface area contributed by atoms with E-state index in [1.165, 1.54) is 11.3 Å². The fraction of sp³-hybridized carbons (Fsp3) is 0.409. The summed E-state index contributed by atoms with van der Waals surface area (Å²) in [5.74, 6) is -0.115. The highest BCUT2D eigenvalue weighted by Crippen LogP contribution is 2.29. The van der Waals surface area contributed by atoms with Gasteiger partial charge in [0.25, 0.3) is 11.8 Å². The van der Waals surface area contributed by atoms with E-state index in [1.54, 1.807) is 6.07 Å². The Morgan fingerprint density at radius 1 is 1.00 bits per heavy atom. The number of carbonyl (C=O) groups excluding carboxylic acids is 3. The smallest absolute Gasteiger partial charge is 0.261 e. The molecule has 3 amide bonds. The maximum atomic E-state index is 12.7. The molecule has 2 aliphatic rings. The van der Waals surface area contributed by atoms with Gasteiger partial charge in [-0.2, -0.15) is 0 Å². The average Bonchev–Trinajstić information content (AvgIpc) is 3.66. The maximum absolute atomic E-state index is 12.7. The Morgan fingerprint density at radius 3 is 2.38 bits per heavy atom. The molecule has 2 saturated carbocycles. The van der Waals surface area contributed by atoms with Crippen molar-refractivity contribution in [3.8, 4) is 0 Å². The van der Waals surface area contributed by atoms with Crippen LogP contribution in [0.15, 0.2) is 41.8 Å². The van der Waals surface area contributed by atoms with Gasteiger partial charge in [-0.1, -0.05) is 18.2 Å². The van der Waals surface area contributed by atoms with Crippen LogP contribution in [0.25, 0.3) is 0 Å². The molecule has 1 heterocycles. The summed E-state index contributed by atoms with van der Waals surface area (Å²) in [5, 5.41) is 7.65. The highest BCUT2D eigenvalue weighted by molar-refractivity contribution is 7.12. The van der Waals surface area contributed by atoms with E-state index in [-0.39, 0.29) is 30.2 Å². The Labute approximate surface area is 174 Å². The molecule has 2 N–H and O–H groups in total. The molecule has 1 aromatic heterocycles. The number of nitrogens with one attached hydrogen (secondary N) is 2. The standard InChI is InChI=1S/C22H25N3O3S/c26-20(11-12-23-22(28)19-2-1-13-29-19)25(18-9-10-18)14-15-3-5-16(6-4-15)21(27)24-17-7-8-17/h1-6,13,17-18H,7-12,14H2,(H,23,28)(H,24,27). The van der Waals surface area contributed by atoms with E-state index < -0.39 is 0 Å². The third-order valence-electron chi connectivity index (χ3n) is 5.16. The monoisotopic (exact) mass is 411 g/mol. The number of thiophene rings is 1. The lowest BCUT2D eigenvalue weighted by atomic mass is 10.1. The number of rotatable bonds is 9. The highest BCUT2D eigenvalue weighted by Gasteiger charge is 2.32. The third-order valence-corrected chi connectivity index (χ3v) is 6.03. The van der Waals surface area contributed by atoms with Gasteiger partial charge >= 0.3 is 0 Å². The number of hydrogen-bond acceptors (Lipinski definition) is 4. The van der Waals surface area contributed by atoms with E-state index in [0.717, 1.165) is 31.2 Å². The lowest BCUT2D eigenvalue weighted by Gasteiger charge is -2.23. The van der Waals surface area contributed by atoms with Gasteiger partial charge in [0.15, 0.2) is 0 Å². The van der Waals surface area contributed by atoms with Gasteiger partial charge in [-0.25, -0.2) is 0 Å². The summed E-state index contributed by atoms with van der Waals surface area (Å²) in [7, 11) is 0.